The van der Waals surface area contributed by atoms with Crippen molar-refractivity contribution in [2.24, 2.45) is 0 Å². The number of nitrogens with zero attached hydrogens (tertiary/aromatic N) is 1. The number of hydrogen-bond acceptors (Lipinski definition) is 4. The molecule has 0 fully saturated rings. The Labute approximate surface area is 156 Å². The fourth-order valence-corrected chi connectivity index (χ4v) is 3.38. The summed E-state index contributed by atoms with van der Waals surface area (Å²) in [6, 6.07) is 13.0. The Morgan fingerprint density at radius 3 is 2.44 bits per heavy atom. The molecule has 3 aromatic rings. The van der Waals surface area contributed by atoms with Gasteiger partial charge in [-0.15, -0.1) is 0 Å². The molecule has 0 aliphatic carbocycles. The molecular weight excluding hydrogens is 369 g/mol. The van der Waals surface area contributed by atoms with Gasteiger partial charge in [-0.1, -0.05) is 12.1 Å². The number of sulfonamides is 1. The fraction of sp³-hybridized carbons (Fsp3) is 0.0526. The molecule has 3 rings (SSSR count). The molecule has 2 aromatic carbocycles. The molecule has 0 saturated carbocycles. The van der Waals surface area contributed by atoms with Gasteiger partial charge in [-0.3, -0.25) is 14.5 Å². The van der Waals surface area contributed by atoms with Gasteiger partial charge in [0.2, 0.25) is 0 Å². The monoisotopic (exact) mass is 385 g/mol. The zero-order valence-corrected chi connectivity index (χ0v) is 15.1. The van der Waals surface area contributed by atoms with E-state index in [1.165, 1.54) is 24.3 Å². The van der Waals surface area contributed by atoms with Crippen molar-refractivity contribution < 1.29 is 17.6 Å². The van der Waals surface area contributed by atoms with Gasteiger partial charge in [-0.25, -0.2) is 12.8 Å². The van der Waals surface area contributed by atoms with Crippen molar-refractivity contribution in [2.45, 2.75) is 11.8 Å². The van der Waals surface area contributed by atoms with Gasteiger partial charge in [-0.2, -0.15) is 0 Å². The Morgan fingerprint density at radius 2 is 1.74 bits per heavy atom. The number of carbonyl (C=O) groups excluding carboxylic acids is 1. The molecule has 0 spiro atoms. The summed E-state index contributed by atoms with van der Waals surface area (Å²) >= 11 is 0. The summed E-state index contributed by atoms with van der Waals surface area (Å²) in [5, 5.41) is 2.69. The van der Waals surface area contributed by atoms with Crippen molar-refractivity contribution in [3.63, 3.8) is 0 Å². The van der Waals surface area contributed by atoms with Crippen molar-refractivity contribution in [1.82, 2.24) is 4.98 Å². The Kier molecular flexibility index (Phi) is 5.18. The molecule has 2 N–H and O–H groups in total. The SMILES string of the molecule is Cc1ccc(S(=O)(=O)Nc2cccc(C(=O)Nc3ccncc3)c2)cc1F. The molecule has 8 heteroatoms. The summed E-state index contributed by atoms with van der Waals surface area (Å²) in [5.41, 5.74) is 1.38. The summed E-state index contributed by atoms with van der Waals surface area (Å²) < 4.78 is 40.9. The van der Waals surface area contributed by atoms with E-state index >= 15 is 0 Å². The summed E-state index contributed by atoms with van der Waals surface area (Å²) in [5.74, 6) is -1.01. The lowest BCUT2D eigenvalue weighted by molar-refractivity contribution is 0.102. The Bertz CT molecular complexity index is 1090. The molecule has 0 aliphatic heterocycles. The minimum Gasteiger partial charge on any atom is -0.322 e. The molecule has 1 amide bonds. The Morgan fingerprint density at radius 1 is 1.00 bits per heavy atom. The van der Waals surface area contributed by atoms with E-state index in [-0.39, 0.29) is 16.1 Å². The van der Waals surface area contributed by atoms with Crippen molar-refractivity contribution in [1.29, 1.82) is 0 Å². The highest BCUT2D eigenvalue weighted by Gasteiger charge is 2.16. The number of aryl methyl sites for hydroxylation is 1. The first-order valence-electron chi connectivity index (χ1n) is 7.95. The number of halogens is 1. The van der Waals surface area contributed by atoms with Gasteiger partial charge in [-0.05, 0) is 55.0 Å². The van der Waals surface area contributed by atoms with Crippen LogP contribution in [0.25, 0.3) is 0 Å². The van der Waals surface area contributed by atoms with E-state index in [0.717, 1.165) is 6.07 Å². The number of pyridine rings is 1. The minimum atomic E-state index is -3.98. The molecule has 0 bridgehead atoms. The van der Waals surface area contributed by atoms with Crippen LogP contribution in [0, 0.1) is 12.7 Å². The Hall–Kier alpha value is -3.26. The lowest BCUT2D eigenvalue weighted by Crippen LogP contribution is -2.15. The number of amides is 1. The van der Waals surface area contributed by atoms with Crippen molar-refractivity contribution in [2.75, 3.05) is 10.0 Å². The summed E-state index contributed by atoms with van der Waals surface area (Å²) in [6.07, 6.45) is 3.09. The van der Waals surface area contributed by atoms with Gasteiger partial charge in [0.05, 0.1) is 4.90 Å². The van der Waals surface area contributed by atoms with Crippen LogP contribution in [0.15, 0.2) is 71.9 Å². The van der Waals surface area contributed by atoms with E-state index in [9.17, 15) is 17.6 Å². The van der Waals surface area contributed by atoms with Gasteiger partial charge in [0.15, 0.2) is 0 Å². The second-order valence-electron chi connectivity index (χ2n) is 5.79. The number of aromatic nitrogens is 1. The summed E-state index contributed by atoms with van der Waals surface area (Å²) in [6.45, 7) is 1.55. The van der Waals surface area contributed by atoms with E-state index in [0.29, 0.717) is 11.3 Å². The standard InChI is InChI=1S/C19H16FN3O3S/c1-13-5-6-17(12-18(13)20)27(25,26)23-16-4-2-3-14(11-16)19(24)22-15-7-9-21-10-8-15/h2-12,23H,1H3,(H,21,22,24). The summed E-state index contributed by atoms with van der Waals surface area (Å²) in [4.78, 5) is 16.0. The molecule has 6 nitrogen and oxygen atoms in total. The molecule has 1 aromatic heterocycles. The third-order valence-electron chi connectivity index (χ3n) is 3.77. The van der Waals surface area contributed by atoms with Crippen LogP contribution in [0.5, 0.6) is 0 Å². The predicted octanol–water partition coefficient (Wildman–Crippen LogP) is 3.58. The molecule has 0 unspecified atom stereocenters. The maximum Gasteiger partial charge on any atom is 0.261 e. The van der Waals surface area contributed by atoms with Crippen molar-refractivity contribution >= 4 is 27.3 Å². The molecule has 138 valence electrons. The number of hydrogen-bond donors (Lipinski definition) is 2. The molecule has 27 heavy (non-hydrogen) atoms. The maximum atomic E-state index is 13.7. The van der Waals surface area contributed by atoms with E-state index in [1.54, 1.807) is 43.6 Å². The average Bonchev–Trinajstić information content (AvgIpc) is 2.64. The molecule has 0 aliphatic rings. The second-order valence-corrected chi connectivity index (χ2v) is 7.47. The second kappa shape index (κ2) is 7.55. The van der Waals surface area contributed by atoms with Gasteiger partial charge in [0, 0.05) is 29.3 Å². The van der Waals surface area contributed by atoms with Crippen LogP contribution in [0.4, 0.5) is 15.8 Å². The fourth-order valence-electron chi connectivity index (χ4n) is 2.32. The normalized spacial score (nSPS) is 11.0. The lowest BCUT2D eigenvalue weighted by Gasteiger charge is -2.10. The maximum absolute atomic E-state index is 13.7. The van der Waals surface area contributed by atoms with Crippen molar-refractivity contribution in [3.8, 4) is 0 Å². The first kappa shape index (κ1) is 18.5. The first-order valence-corrected chi connectivity index (χ1v) is 9.44. The highest BCUT2D eigenvalue weighted by Crippen LogP contribution is 2.20. The van der Waals surface area contributed by atoms with Crippen LogP contribution in [0.2, 0.25) is 0 Å². The van der Waals surface area contributed by atoms with Crippen LogP contribution in [-0.4, -0.2) is 19.3 Å². The topological polar surface area (TPSA) is 88.2 Å². The molecule has 1 heterocycles. The third-order valence-corrected chi connectivity index (χ3v) is 5.15. The zero-order chi connectivity index (χ0) is 19.4. The average molecular weight is 385 g/mol. The number of nitrogens with one attached hydrogen (secondary N) is 2. The first-order chi connectivity index (χ1) is 12.8. The van der Waals surface area contributed by atoms with Crippen molar-refractivity contribution in [3.05, 3.63) is 83.9 Å². The third kappa shape index (κ3) is 4.48. The van der Waals surface area contributed by atoms with E-state index in [2.05, 4.69) is 15.0 Å². The van der Waals surface area contributed by atoms with E-state index in [1.807, 2.05) is 0 Å². The number of anilines is 2. The van der Waals surface area contributed by atoms with Crippen LogP contribution in [0.1, 0.15) is 15.9 Å². The lowest BCUT2D eigenvalue weighted by atomic mass is 10.2. The molecule has 0 atom stereocenters. The molecule has 0 saturated heterocycles. The van der Waals surface area contributed by atoms with Gasteiger partial charge < -0.3 is 5.32 Å². The minimum absolute atomic E-state index is 0.193. The predicted molar refractivity (Wildman–Crippen MR) is 101 cm³/mol. The van der Waals surface area contributed by atoms with Gasteiger partial charge in [0.1, 0.15) is 5.82 Å². The van der Waals surface area contributed by atoms with Crippen LogP contribution >= 0.6 is 0 Å². The van der Waals surface area contributed by atoms with E-state index < -0.39 is 21.7 Å². The number of carbonyl (C=O) groups is 1. The highest BCUT2D eigenvalue weighted by atomic mass is 32.2. The molecular formula is C19H16FN3O3S. The number of benzene rings is 2. The smallest absolute Gasteiger partial charge is 0.261 e. The van der Waals surface area contributed by atoms with E-state index in [4.69, 9.17) is 0 Å². The number of rotatable bonds is 5. The van der Waals surface area contributed by atoms with Crippen LogP contribution in [-0.2, 0) is 10.0 Å². The zero-order valence-electron chi connectivity index (χ0n) is 14.3. The summed E-state index contributed by atoms with van der Waals surface area (Å²) in [7, 11) is -3.98. The Balaban J connectivity index is 1.80. The van der Waals surface area contributed by atoms with Gasteiger partial charge in [0.25, 0.3) is 15.9 Å². The largest absolute Gasteiger partial charge is 0.322 e. The quantitative estimate of drug-likeness (QED) is 0.703. The van der Waals surface area contributed by atoms with Crippen LogP contribution < -0.4 is 10.0 Å². The molecule has 0 radical (unpaired) electrons. The van der Waals surface area contributed by atoms with Gasteiger partial charge >= 0.3 is 0 Å². The van der Waals surface area contributed by atoms with Crippen LogP contribution in [0.3, 0.4) is 0 Å². The highest BCUT2D eigenvalue weighted by molar-refractivity contribution is 7.92.